The van der Waals surface area contributed by atoms with Crippen LogP contribution in [0.3, 0.4) is 0 Å². The summed E-state index contributed by atoms with van der Waals surface area (Å²) in [4.78, 5) is 12.2. The highest BCUT2D eigenvalue weighted by atomic mass is 16.5. The second-order valence-electron chi connectivity index (χ2n) is 6.88. The van der Waals surface area contributed by atoms with Crippen LogP contribution < -0.4 is 21.1 Å². The van der Waals surface area contributed by atoms with Gasteiger partial charge in [0.1, 0.15) is 5.75 Å². The molecule has 0 aliphatic heterocycles. The Morgan fingerprint density at radius 2 is 1.86 bits per heavy atom. The van der Waals surface area contributed by atoms with Crippen molar-refractivity contribution >= 4 is 11.7 Å². The van der Waals surface area contributed by atoms with Gasteiger partial charge in [0.25, 0.3) is 0 Å². The molecule has 0 radical (unpaired) electrons. The maximum Gasteiger partial charge on any atom is 0.319 e. The lowest BCUT2D eigenvalue weighted by Crippen LogP contribution is -2.76. The van der Waals surface area contributed by atoms with Crippen LogP contribution in [0.4, 0.5) is 10.5 Å². The second-order valence-corrected chi connectivity index (χ2v) is 6.88. The summed E-state index contributed by atoms with van der Waals surface area (Å²) in [5.41, 5.74) is 6.67. The second kappa shape index (κ2) is 5.22. The third-order valence-corrected chi connectivity index (χ3v) is 4.69. The number of carbonyl (C=O) groups is 1. The maximum atomic E-state index is 12.2. The summed E-state index contributed by atoms with van der Waals surface area (Å²) in [5, 5.41) is 5.88. The molecular weight excluding hydrogens is 266 g/mol. The first-order valence-electron chi connectivity index (χ1n) is 7.16. The molecule has 2 rings (SSSR count). The maximum absolute atomic E-state index is 12.2. The Morgan fingerprint density at radius 1 is 1.24 bits per heavy atom. The van der Waals surface area contributed by atoms with E-state index in [2.05, 4.69) is 38.3 Å². The Labute approximate surface area is 126 Å². The van der Waals surface area contributed by atoms with Crippen LogP contribution in [0.25, 0.3) is 0 Å². The molecule has 0 aromatic heterocycles. The molecule has 1 aliphatic carbocycles. The first-order valence-corrected chi connectivity index (χ1v) is 7.16. The number of carbonyl (C=O) groups excluding carboxylic acids is 1. The summed E-state index contributed by atoms with van der Waals surface area (Å²) < 4.78 is 5.14. The molecular formula is C16H25N3O2. The van der Waals surface area contributed by atoms with E-state index in [1.165, 1.54) is 0 Å². The number of rotatable bonds is 3. The van der Waals surface area contributed by atoms with Crippen molar-refractivity contribution in [2.45, 2.75) is 39.8 Å². The van der Waals surface area contributed by atoms with Gasteiger partial charge < -0.3 is 21.1 Å². The van der Waals surface area contributed by atoms with Crippen LogP contribution in [-0.4, -0.2) is 25.2 Å². The summed E-state index contributed by atoms with van der Waals surface area (Å²) in [6.07, 6.45) is 0. The summed E-state index contributed by atoms with van der Waals surface area (Å²) >= 11 is 0. The average Bonchev–Trinajstić information content (AvgIpc) is 2.43. The molecule has 0 unspecified atom stereocenters. The number of anilines is 1. The number of amides is 2. The van der Waals surface area contributed by atoms with E-state index in [9.17, 15) is 4.79 Å². The normalized spacial score (nSPS) is 25.6. The number of nitrogens with two attached hydrogens (primary N) is 1. The van der Waals surface area contributed by atoms with Gasteiger partial charge in [-0.1, -0.05) is 33.8 Å². The molecule has 0 spiro atoms. The molecule has 116 valence electrons. The van der Waals surface area contributed by atoms with E-state index in [0.717, 1.165) is 0 Å². The van der Waals surface area contributed by atoms with Crippen molar-refractivity contribution in [3.05, 3.63) is 24.3 Å². The minimum atomic E-state index is -0.221. The van der Waals surface area contributed by atoms with Gasteiger partial charge in [-0.05, 0) is 12.1 Å². The summed E-state index contributed by atoms with van der Waals surface area (Å²) in [5.74, 6) is 0.708. The van der Waals surface area contributed by atoms with Crippen molar-refractivity contribution in [1.29, 1.82) is 0 Å². The Balaban J connectivity index is 2.02. The van der Waals surface area contributed by atoms with Crippen LogP contribution in [0.5, 0.6) is 5.75 Å². The molecule has 1 fully saturated rings. The highest BCUT2D eigenvalue weighted by molar-refractivity contribution is 5.89. The summed E-state index contributed by atoms with van der Waals surface area (Å²) in [6.45, 7) is 8.33. The van der Waals surface area contributed by atoms with Gasteiger partial charge in [0.05, 0.1) is 7.11 Å². The number of methoxy groups -OCH3 is 1. The highest BCUT2D eigenvalue weighted by Gasteiger charge is 2.60. The molecule has 0 saturated heterocycles. The molecule has 21 heavy (non-hydrogen) atoms. The molecule has 2 amide bonds. The third-order valence-electron chi connectivity index (χ3n) is 4.69. The van der Waals surface area contributed by atoms with E-state index in [0.29, 0.717) is 11.4 Å². The van der Waals surface area contributed by atoms with Crippen molar-refractivity contribution < 1.29 is 9.53 Å². The predicted molar refractivity (Wildman–Crippen MR) is 84.5 cm³/mol. The lowest BCUT2D eigenvalue weighted by molar-refractivity contribution is -0.0638. The molecule has 1 aliphatic rings. The molecule has 5 heteroatoms. The van der Waals surface area contributed by atoms with E-state index in [1.807, 2.05) is 18.2 Å². The van der Waals surface area contributed by atoms with Gasteiger partial charge in [-0.25, -0.2) is 4.79 Å². The van der Waals surface area contributed by atoms with E-state index < -0.39 is 0 Å². The fourth-order valence-electron chi connectivity index (χ4n) is 3.55. The van der Waals surface area contributed by atoms with Crippen LogP contribution in [0, 0.1) is 10.8 Å². The van der Waals surface area contributed by atoms with Crippen molar-refractivity contribution in [3.8, 4) is 5.75 Å². The van der Waals surface area contributed by atoms with Crippen molar-refractivity contribution in [1.82, 2.24) is 5.32 Å². The standard InChI is InChI=1S/C16H25N3O2/c1-15(2)12(17)16(3,4)13(15)19-14(20)18-10-7-6-8-11(9-10)21-5/h6-9,12-13H,17H2,1-5H3,(H2,18,19,20). The van der Waals surface area contributed by atoms with Gasteiger partial charge in [0, 0.05) is 34.7 Å². The van der Waals surface area contributed by atoms with Crippen LogP contribution in [0.1, 0.15) is 27.7 Å². The van der Waals surface area contributed by atoms with Crippen LogP contribution >= 0.6 is 0 Å². The predicted octanol–water partition coefficient (Wildman–Crippen LogP) is 2.58. The first kappa shape index (κ1) is 15.6. The van der Waals surface area contributed by atoms with E-state index >= 15 is 0 Å². The van der Waals surface area contributed by atoms with Gasteiger partial charge in [-0.15, -0.1) is 0 Å². The molecule has 5 nitrogen and oxygen atoms in total. The van der Waals surface area contributed by atoms with Gasteiger partial charge in [0.2, 0.25) is 0 Å². The van der Waals surface area contributed by atoms with Crippen molar-refractivity contribution in [2.24, 2.45) is 16.6 Å². The zero-order valence-corrected chi connectivity index (χ0v) is 13.4. The molecule has 1 saturated carbocycles. The fraction of sp³-hybridized carbons (Fsp3) is 0.562. The zero-order valence-electron chi connectivity index (χ0n) is 13.4. The third kappa shape index (κ3) is 2.70. The van der Waals surface area contributed by atoms with Gasteiger partial charge in [-0.3, -0.25) is 0 Å². The molecule has 1 aromatic carbocycles. The Morgan fingerprint density at radius 3 is 2.43 bits per heavy atom. The number of nitrogens with one attached hydrogen (secondary N) is 2. The Bertz CT molecular complexity index is 524. The summed E-state index contributed by atoms with van der Waals surface area (Å²) in [7, 11) is 1.60. The molecule has 0 bridgehead atoms. The van der Waals surface area contributed by atoms with Gasteiger partial charge >= 0.3 is 6.03 Å². The lowest BCUT2D eigenvalue weighted by atomic mass is 9.48. The smallest absolute Gasteiger partial charge is 0.319 e. The molecule has 0 heterocycles. The number of hydrogen-bond acceptors (Lipinski definition) is 3. The minimum absolute atomic E-state index is 0.0330. The number of hydrogen-bond donors (Lipinski definition) is 3. The molecule has 1 aromatic rings. The number of ether oxygens (including phenoxy) is 1. The van der Waals surface area contributed by atoms with Crippen molar-refractivity contribution in [2.75, 3.05) is 12.4 Å². The summed E-state index contributed by atoms with van der Waals surface area (Å²) in [6, 6.07) is 7.15. The van der Waals surface area contributed by atoms with Gasteiger partial charge in [0.15, 0.2) is 0 Å². The Kier molecular flexibility index (Phi) is 3.89. The average molecular weight is 291 g/mol. The SMILES string of the molecule is COc1cccc(NC(=O)NC2C(C)(C)C(N)C2(C)C)c1. The zero-order chi connectivity index (χ0) is 15.8. The first-order chi connectivity index (χ1) is 9.69. The van der Waals surface area contributed by atoms with E-state index in [-0.39, 0.29) is 28.9 Å². The fourth-order valence-corrected chi connectivity index (χ4v) is 3.55. The molecule has 0 atom stereocenters. The van der Waals surface area contributed by atoms with E-state index in [4.69, 9.17) is 10.5 Å². The van der Waals surface area contributed by atoms with Crippen LogP contribution in [0.15, 0.2) is 24.3 Å². The minimum Gasteiger partial charge on any atom is -0.497 e. The topological polar surface area (TPSA) is 76.4 Å². The quantitative estimate of drug-likeness (QED) is 0.801. The molecule has 4 N–H and O–H groups in total. The van der Waals surface area contributed by atoms with Crippen molar-refractivity contribution in [3.63, 3.8) is 0 Å². The number of urea groups is 1. The highest BCUT2D eigenvalue weighted by Crippen LogP contribution is 2.52. The number of benzene rings is 1. The Hall–Kier alpha value is -1.75. The van der Waals surface area contributed by atoms with Crippen LogP contribution in [-0.2, 0) is 0 Å². The van der Waals surface area contributed by atoms with E-state index in [1.54, 1.807) is 13.2 Å². The van der Waals surface area contributed by atoms with Gasteiger partial charge in [-0.2, -0.15) is 0 Å². The van der Waals surface area contributed by atoms with Crippen LogP contribution in [0.2, 0.25) is 0 Å². The largest absolute Gasteiger partial charge is 0.497 e. The monoisotopic (exact) mass is 291 g/mol. The lowest BCUT2D eigenvalue weighted by Gasteiger charge is -2.62.